The van der Waals surface area contributed by atoms with E-state index in [4.69, 9.17) is 10.4 Å². The lowest BCUT2D eigenvalue weighted by atomic mass is 10.1. The average molecular weight is 362 g/mol. The van der Waals surface area contributed by atoms with Crippen LogP contribution in [0.1, 0.15) is 21.7 Å². The number of nitrogens with zero attached hydrogens (tertiary/aromatic N) is 3. The molecule has 0 bridgehead atoms. The second-order valence-electron chi connectivity index (χ2n) is 5.75. The molecule has 1 aromatic carbocycles. The molecular formula is C19H14N4O4. The molecule has 3 aromatic rings. The van der Waals surface area contributed by atoms with Gasteiger partial charge in [-0.1, -0.05) is 12.1 Å². The van der Waals surface area contributed by atoms with E-state index in [0.717, 1.165) is 5.56 Å². The van der Waals surface area contributed by atoms with Gasteiger partial charge in [0.15, 0.2) is 11.4 Å². The maximum absolute atomic E-state index is 12.1. The smallest absolute Gasteiger partial charge is 0.322 e. The van der Waals surface area contributed by atoms with Gasteiger partial charge in [0, 0.05) is 10.9 Å². The molecule has 0 saturated carbocycles. The minimum absolute atomic E-state index is 0.255. The number of nitriles is 1. The number of aliphatic carboxylic acids is 1. The van der Waals surface area contributed by atoms with Gasteiger partial charge in [-0.05, 0) is 31.2 Å². The fourth-order valence-electron chi connectivity index (χ4n) is 2.60. The van der Waals surface area contributed by atoms with Crippen LogP contribution in [0.4, 0.5) is 0 Å². The molecule has 0 fully saturated rings. The Kier molecular flexibility index (Phi) is 4.68. The first kappa shape index (κ1) is 17.8. The van der Waals surface area contributed by atoms with Gasteiger partial charge in [0.1, 0.15) is 6.54 Å². The molecule has 0 aliphatic heterocycles. The van der Waals surface area contributed by atoms with Gasteiger partial charge < -0.3 is 15.5 Å². The van der Waals surface area contributed by atoms with E-state index in [1.807, 2.05) is 6.07 Å². The number of nitrogens with one attached hydrogen (secondary N) is 1. The number of aromatic nitrogens is 2. The second kappa shape index (κ2) is 7.09. The van der Waals surface area contributed by atoms with E-state index in [0.29, 0.717) is 27.9 Å². The van der Waals surface area contributed by atoms with Gasteiger partial charge >= 0.3 is 5.97 Å². The second-order valence-corrected chi connectivity index (χ2v) is 5.75. The molecule has 8 heteroatoms. The standard InChI is InChI=1S/C19H14N4O4/c1-10-16-13(18(26)17(22-10)19(27)21-9-15(24)25)6-7-14(23-16)12-4-2-11(8-20)3-5-12/h2-7,26H,9H2,1H3,(H,21,27)(H,24,25). The molecule has 0 spiro atoms. The Morgan fingerprint density at radius 1 is 1.15 bits per heavy atom. The van der Waals surface area contributed by atoms with Crippen molar-refractivity contribution >= 4 is 22.8 Å². The summed E-state index contributed by atoms with van der Waals surface area (Å²) in [7, 11) is 0. The summed E-state index contributed by atoms with van der Waals surface area (Å²) in [5, 5.41) is 30.4. The van der Waals surface area contributed by atoms with Crippen LogP contribution in [0.25, 0.3) is 22.2 Å². The molecule has 1 amide bonds. The maximum Gasteiger partial charge on any atom is 0.322 e. The van der Waals surface area contributed by atoms with Gasteiger partial charge in [0.05, 0.1) is 28.5 Å². The van der Waals surface area contributed by atoms with Crippen LogP contribution in [0.3, 0.4) is 0 Å². The van der Waals surface area contributed by atoms with Crippen molar-refractivity contribution in [2.24, 2.45) is 0 Å². The highest BCUT2D eigenvalue weighted by Crippen LogP contribution is 2.30. The van der Waals surface area contributed by atoms with Crippen LogP contribution in [0, 0.1) is 18.3 Å². The van der Waals surface area contributed by atoms with E-state index in [9.17, 15) is 14.7 Å². The Labute approximate surface area is 153 Å². The van der Waals surface area contributed by atoms with E-state index in [1.165, 1.54) is 0 Å². The Morgan fingerprint density at radius 3 is 2.48 bits per heavy atom. The summed E-state index contributed by atoms with van der Waals surface area (Å²) in [4.78, 5) is 31.2. The highest BCUT2D eigenvalue weighted by Gasteiger charge is 2.19. The topological polar surface area (TPSA) is 136 Å². The quantitative estimate of drug-likeness (QED) is 0.645. The van der Waals surface area contributed by atoms with E-state index in [1.54, 1.807) is 43.3 Å². The summed E-state index contributed by atoms with van der Waals surface area (Å²) in [6, 6.07) is 12.2. The Morgan fingerprint density at radius 2 is 1.85 bits per heavy atom. The van der Waals surface area contributed by atoms with Crippen LogP contribution in [0.2, 0.25) is 0 Å². The van der Waals surface area contributed by atoms with Gasteiger partial charge in [0.25, 0.3) is 5.91 Å². The van der Waals surface area contributed by atoms with E-state index in [-0.39, 0.29) is 11.4 Å². The predicted octanol–water partition coefficient (Wildman–Crippen LogP) is 2.00. The molecule has 0 aliphatic rings. The largest absolute Gasteiger partial charge is 0.505 e. The number of hydrogen-bond donors (Lipinski definition) is 3. The monoisotopic (exact) mass is 362 g/mol. The molecule has 8 nitrogen and oxygen atoms in total. The summed E-state index contributed by atoms with van der Waals surface area (Å²) in [5.74, 6) is -2.34. The van der Waals surface area contributed by atoms with E-state index < -0.39 is 18.4 Å². The van der Waals surface area contributed by atoms with Crippen molar-refractivity contribution in [3.05, 3.63) is 53.3 Å². The van der Waals surface area contributed by atoms with Crippen molar-refractivity contribution in [1.29, 1.82) is 5.26 Å². The number of carboxylic acid groups (broad SMARTS) is 1. The normalized spacial score (nSPS) is 10.4. The molecule has 27 heavy (non-hydrogen) atoms. The number of aryl methyl sites for hydroxylation is 1. The number of carbonyl (C=O) groups excluding carboxylic acids is 1. The molecule has 0 atom stereocenters. The molecule has 0 unspecified atom stereocenters. The molecule has 134 valence electrons. The molecule has 2 heterocycles. The molecule has 3 N–H and O–H groups in total. The number of pyridine rings is 2. The fourth-order valence-corrected chi connectivity index (χ4v) is 2.60. The van der Waals surface area contributed by atoms with Crippen LogP contribution in [-0.2, 0) is 4.79 Å². The third kappa shape index (κ3) is 3.52. The van der Waals surface area contributed by atoms with Gasteiger partial charge in [-0.3, -0.25) is 9.59 Å². The number of rotatable bonds is 4. The number of hydrogen-bond acceptors (Lipinski definition) is 6. The van der Waals surface area contributed by atoms with Crippen LogP contribution < -0.4 is 5.32 Å². The summed E-state index contributed by atoms with van der Waals surface area (Å²) >= 11 is 0. The lowest BCUT2D eigenvalue weighted by Gasteiger charge is -2.10. The van der Waals surface area contributed by atoms with Crippen LogP contribution >= 0.6 is 0 Å². The first-order valence-corrected chi connectivity index (χ1v) is 7.91. The van der Waals surface area contributed by atoms with Crippen molar-refractivity contribution in [3.8, 4) is 23.1 Å². The van der Waals surface area contributed by atoms with Crippen molar-refractivity contribution in [2.75, 3.05) is 6.54 Å². The Balaban J connectivity index is 2.04. The number of carboxylic acids is 1. The van der Waals surface area contributed by atoms with Crippen LogP contribution in [0.15, 0.2) is 36.4 Å². The number of aromatic hydroxyl groups is 1. The Hall–Kier alpha value is -3.99. The zero-order valence-corrected chi connectivity index (χ0v) is 14.2. The number of amides is 1. The molecule has 2 aromatic heterocycles. The first-order valence-electron chi connectivity index (χ1n) is 7.91. The van der Waals surface area contributed by atoms with Gasteiger partial charge in [-0.15, -0.1) is 0 Å². The molecule has 3 rings (SSSR count). The first-order chi connectivity index (χ1) is 12.9. The van der Waals surface area contributed by atoms with Crippen LogP contribution in [0.5, 0.6) is 5.75 Å². The predicted molar refractivity (Wildman–Crippen MR) is 96.1 cm³/mol. The summed E-state index contributed by atoms with van der Waals surface area (Å²) in [6.45, 7) is 1.07. The van der Waals surface area contributed by atoms with Gasteiger partial charge in [0.2, 0.25) is 0 Å². The summed E-state index contributed by atoms with van der Waals surface area (Å²) < 4.78 is 0. The van der Waals surface area contributed by atoms with E-state index in [2.05, 4.69) is 15.3 Å². The third-order valence-electron chi connectivity index (χ3n) is 3.92. The molecular weight excluding hydrogens is 348 g/mol. The third-order valence-corrected chi connectivity index (χ3v) is 3.92. The Bertz CT molecular complexity index is 1100. The summed E-state index contributed by atoms with van der Waals surface area (Å²) in [5.41, 5.74) is 2.53. The van der Waals surface area contributed by atoms with E-state index >= 15 is 0 Å². The fraction of sp³-hybridized carbons (Fsp3) is 0.105. The highest BCUT2D eigenvalue weighted by atomic mass is 16.4. The van der Waals surface area contributed by atoms with Crippen molar-refractivity contribution in [2.45, 2.75) is 6.92 Å². The van der Waals surface area contributed by atoms with Gasteiger partial charge in [-0.2, -0.15) is 5.26 Å². The lowest BCUT2D eigenvalue weighted by molar-refractivity contribution is -0.135. The number of fused-ring (bicyclic) bond motifs is 1. The minimum atomic E-state index is -1.20. The van der Waals surface area contributed by atoms with Crippen molar-refractivity contribution < 1.29 is 19.8 Å². The molecule has 0 saturated heterocycles. The molecule has 0 radical (unpaired) electrons. The number of benzene rings is 1. The van der Waals surface area contributed by atoms with Gasteiger partial charge in [-0.25, -0.2) is 9.97 Å². The highest BCUT2D eigenvalue weighted by molar-refractivity contribution is 6.02. The van der Waals surface area contributed by atoms with Crippen molar-refractivity contribution in [1.82, 2.24) is 15.3 Å². The lowest BCUT2D eigenvalue weighted by Crippen LogP contribution is -2.30. The minimum Gasteiger partial charge on any atom is -0.505 e. The summed E-state index contributed by atoms with van der Waals surface area (Å²) in [6.07, 6.45) is 0. The van der Waals surface area contributed by atoms with Crippen molar-refractivity contribution in [3.63, 3.8) is 0 Å². The zero-order chi connectivity index (χ0) is 19.6. The molecule has 0 aliphatic carbocycles. The zero-order valence-electron chi connectivity index (χ0n) is 14.2. The number of carbonyl (C=O) groups is 2. The maximum atomic E-state index is 12.1. The van der Waals surface area contributed by atoms with Crippen LogP contribution in [-0.4, -0.2) is 38.6 Å². The SMILES string of the molecule is Cc1nc(C(=O)NCC(=O)O)c(O)c2ccc(-c3ccc(C#N)cc3)nc12. The average Bonchev–Trinajstić information content (AvgIpc) is 2.68.